The molecular formula is C19H23N3O5S. The number of thioether (sulfide) groups is 1. The van der Waals surface area contributed by atoms with Crippen molar-refractivity contribution >= 4 is 34.5 Å². The van der Waals surface area contributed by atoms with Gasteiger partial charge in [0, 0.05) is 13.1 Å². The number of fused-ring (bicyclic) bond motifs is 1. The smallest absolute Gasteiger partial charge is 0.325 e. The molecule has 0 unspecified atom stereocenters. The van der Waals surface area contributed by atoms with Gasteiger partial charge in [-0.2, -0.15) is 0 Å². The van der Waals surface area contributed by atoms with E-state index in [0.717, 1.165) is 11.8 Å². The SMILES string of the molecule is COC(=O)Cn1c(SCC(=O)N2C[C@@H](C)O[C@H](C)C2)nc2ccccc2c1=O. The average Bonchev–Trinajstić information content (AvgIpc) is 2.67. The lowest BCUT2D eigenvalue weighted by Gasteiger charge is -2.35. The van der Waals surface area contributed by atoms with Crippen LogP contribution in [0, 0.1) is 0 Å². The van der Waals surface area contributed by atoms with E-state index >= 15 is 0 Å². The Labute approximate surface area is 166 Å². The van der Waals surface area contributed by atoms with Crippen LogP contribution in [0.1, 0.15) is 13.8 Å². The molecule has 0 radical (unpaired) electrons. The molecule has 3 rings (SSSR count). The van der Waals surface area contributed by atoms with E-state index < -0.39 is 5.97 Å². The molecule has 1 aromatic carbocycles. The molecule has 1 aliphatic heterocycles. The molecule has 8 nitrogen and oxygen atoms in total. The molecule has 0 aliphatic carbocycles. The van der Waals surface area contributed by atoms with Crippen molar-refractivity contribution in [3.8, 4) is 0 Å². The lowest BCUT2D eigenvalue weighted by atomic mass is 10.2. The molecule has 0 bridgehead atoms. The van der Waals surface area contributed by atoms with Gasteiger partial charge < -0.3 is 14.4 Å². The van der Waals surface area contributed by atoms with E-state index in [4.69, 9.17) is 9.47 Å². The Bertz CT molecular complexity index is 935. The number of amides is 1. The van der Waals surface area contributed by atoms with E-state index in [9.17, 15) is 14.4 Å². The number of benzene rings is 1. The third-order valence-corrected chi connectivity index (χ3v) is 5.40. The Morgan fingerprint density at radius 1 is 1.25 bits per heavy atom. The van der Waals surface area contributed by atoms with E-state index in [1.807, 2.05) is 13.8 Å². The molecule has 2 heterocycles. The van der Waals surface area contributed by atoms with Gasteiger partial charge in [-0.3, -0.25) is 19.0 Å². The summed E-state index contributed by atoms with van der Waals surface area (Å²) in [6.45, 7) is 4.67. The van der Waals surface area contributed by atoms with Crippen molar-refractivity contribution in [1.82, 2.24) is 14.5 Å². The number of morpholine rings is 1. The highest BCUT2D eigenvalue weighted by Gasteiger charge is 2.26. The number of methoxy groups -OCH3 is 1. The van der Waals surface area contributed by atoms with Crippen molar-refractivity contribution in [1.29, 1.82) is 0 Å². The molecule has 2 aromatic rings. The summed E-state index contributed by atoms with van der Waals surface area (Å²) < 4.78 is 11.6. The third kappa shape index (κ3) is 4.53. The van der Waals surface area contributed by atoms with Crippen LogP contribution in [-0.4, -0.2) is 64.5 Å². The molecule has 2 atom stereocenters. The Morgan fingerprint density at radius 2 is 1.93 bits per heavy atom. The van der Waals surface area contributed by atoms with E-state index in [-0.39, 0.29) is 36.0 Å². The molecule has 1 amide bonds. The number of carbonyl (C=O) groups excluding carboxylic acids is 2. The predicted octanol–water partition coefficient (Wildman–Crippen LogP) is 1.30. The van der Waals surface area contributed by atoms with Crippen LogP contribution in [-0.2, 0) is 25.6 Å². The van der Waals surface area contributed by atoms with Gasteiger partial charge in [0.15, 0.2) is 5.16 Å². The van der Waals surface area contributed by atoms with Crippen molar-refractivity contribution < 1.29 is 19.1 Å². The maximum Gasteiger partial charge on any atom is 0.325 e. The van der Waals surface area contributed by atoms with Crippen molar-refractivity contribution in [3.63, 3.8) is 0 Å². The lowest BCUT2D eigenvalue weighted by molar-refractivity contribution is -0.141. The molecule has 1 aromatic heterocycles. The summed E-state index contributed by atoms with van der Waals surface area (Å²) in [4.78, 5) is 43.5. The normalized spacial score (nSPS) is 19.6. The van der Waals surface area contributed by atoms with Crippen molar-refractivity contribution in [2.45, 2.75) is 37.8 Å². The number of carbonyl (C=O) groups is 2. The van der Waals surface area contributed by atoms with Crippen LogP contribution in [0.3, 0.4) is 0 Å². The van der Waals surface area contributed by atoms with Crippen LogP contribution in [0.4, 0.5) is 0 Å². The van der Waals surface area contributed by atoms with Gasteiger partial charge in [-0.05, 0) is 26.0 Å². The Hall–Kier alpha value is -2.39. The minimum atomic E-state index is -0.553. The van der Waals surface area contributed by atoms with E-state index in [0.29, 0.717) is 29.1 Å². The predicted molar refractivity (Wildman–Crippen MR) is 105 cm³/mol. The molecule has 0 saturated carbocycles. The van der Waals surface area contributed by atoms with Crippen LogP contribution in [0.15, 0.2) is 34.2 Å². The first-order valence-corrected chi connectivity index (χ1v) is 10.00. The molecule has 1 saturated heterocycles. The van der Waals surface area contributed by atoms with Crippen molar-refractivity contribution in [3.05, 3.63) is 34.6 Å². The van der Waals surface area contributed by atoms with Gasteiger partial charge >= 0.3 is 5.97 Å². The third-order valence-electron chi connectivity index (χ3n) is 4.44. The zero-order valence-corrected chi connectivity index (χ0v) is 16.9. The number of para-hydroxylation sites is 1. The second kappa shape index (κ2) is 8.74. The first-order chi connectivity index (χ1) is 13.4. The summed E-state index contributed by atoms with van der Waals surface area (Å²) >= 11 is 1.14. The topological polar surface area (TPSA) is 90.7 Å². The van der Waals surface area contributed by atoms with Gasteiger partial charge in [-0.1, -0.05) is 23.9 Å². The second-order valence-electron chi connectivity index (χ2n) is 6.72. The molecule has 150 valence electrons. The number of ether oxygens (including phenoxy) is 2. The Balaban J connectivity index is 1.84. The van der Waals surface area contributed by atoms with E-state index in [1.54, 1.807) is 29.2 Å². The van der Waals surface area contributed by atoms with Gasteiger partial charge in [0.25, 0.3) is 5.56 Å². The number of rotatable bonds is 5. The zero-order chi connectivity index (χ0) is 20.3. The fourth-order valence-corrected chi connectivity index (χ4v) is 4.09. The minimum absolute atomic E-state index is 0.0194. The van der Waals surface area contributed by atoms with Crippen LogP contribution >= 0.6 is 11.8 Å². The first-order valence-electron chi connectivity index (χ1n) is 9.01. The van der Waals surface area contributed by atoms with Gasteiger partial charge in [0.1, 0.15) is 6.54 Å². The van der Waals surface area contributed by atoms with E-state index in [2.05, 4.69) is 4.98 Å². The highest BCUT2D eigenvalue weighted by molar-refractivity contribution is 7.99. The van der Waals surface area contributed by atoms with Crippen LogP contribution in [0.25, 0.3) is 10.9 Å². The number of hydrogen-bond acceptors (Lipinski definition) is 7. The maximum absolute atomic E-state index is 12.8. The number of aromatic nitrogens is 2. The summed E-state index contributed by atoms with van der Waals surface area (Å²) in [6, 6.07) is 6.92. The second-order valence-corrected chi connectivity index (χ2v) is 7.67. The molecule has 0 N–H and O–H groups in total. The highest BCUT2D eigenvalue weighted by Crippen LogP contribution is 2.20. The molecule has 1 fully saturated rings. The Kier molecular flexibility index (Phi) is 6.35. The number of esters is 1. The number of hydrogen-bond donors (Lipinski definition) is 0. The van der Waals surface area contributed by atoms with Crippen LogP contribution in [0.5, 0.6) is 0 Å². The van der Waals surface area contributed by atoms with Crippen LogP contribution < -0.4 is 5.56 Å². The quantitative estimate of drug-likeness (QED) is 0.421. The summed E-state index contributed by atoms with van der Waals surface area (Å²) in [7, 11) is 1.26. The van der Waals surface area contributed by atoms with Gasteiger partial charge in [-0.15, -0.1) is 0 Å². The highest BCUT2D eigenvalue weighted by atomic mass is 32.2. The first kappa shape index (κ1) is 20.3. The Morgan fingerprint density at radius 3 is 2.61 bits per heavy atom. The lowest BCUT2D eigenvalue weighted by Crippen LogP contribution is -2.48. The zero-order valence-electron chi connectivity index (χ0n) is 16.1. The van der Waals surface area contributed by atoms with Gasteiger partial charge in [0.2, 0.25) is 5.91 Å². The molecule has 28 heavy (non-hydrogen) atoms. The summed E-state index contributed by atoms with van der Waals surface area (Å²) in [5.74, 6) is -0.493. The monoisotopic (exact) mass is 405 g/mol. The standard InChI is InChI=1S/C19H23N3O5S/c1-12-8-21(9-13(2)27-12)16(23)11-28-19-20-15-7-5-4-6-14(15)18(25)22(19)10-17(24)26-3/h4-7,12-13H,8-11H2,1-3H3/t12-,13-/m1/s1. The van der Waals surface area contributed by atoms with Crippen LogP contribution in [0.2, 0.25) is 0 Å². The fraction of sp³-hybridized carbons (Fsp3) is 0.474. The largest absolute Gasteiger partial charge is 0.468 e. The van der Waals surface area contributed by atoms with Crippen molar-refractivity contribution in [2.24, 2.45) is 0 Å². The van der Waals surface area contributed by atoms with E-state index in [1.165, 1.54) is 11.7 Å². The molecule has 9 heteroatoms. The van der Waals surface area contributed by atoms with Gasteiger partial charge in [0.05, 0.1) is 36.0 Å². The molecular weight excluding hydrogens is 382 g/mol. The summed E-state index contributed by atoms with van der Waals surface area (Å²) in [5.41, 5.74) is 0.191. The fourth-order valence-electron chi connectivity index (χ4n) is 3.19. The average molecular weight is 405 g/mol. The van der Waals surface area contributed by atoms with Crippen molar-refractivity contribution in [2.75, 3.05) is 26.0 Å². The summed E-state index contributed by atoms with van der Waals surface area (Å²) in [6.07, 6.45) is -0.0389. The number of nitrogens with zero attached hydrogens (tertiary/aromatic N) is 3. The summed E-state index contributed by atoms with van der Waals surface area (Å²) in [5, 5.41) is 0.731. The molecule has 1 aliphatic rings. The van der Waals surface area contributed by atoms with Gasteiger partial charge in [-0.25, -0.2) is 4.98 Å². The minimum Gasteiger partial charge on any atom is -0.468 e. The maximum atomic E-state index is 12.8. The molecule has 0 spiro atoms.